The lowest BCUT2D eigenvalue weighted by Crippen LogP contribution is -2.11. The zero-order chi connectivity index (χ0) is 20.9. The van der Waals surface area contributed by atoms with E-state index in [1.165, 1.54) is 31.4 Å². The minimum atomic E-state index is -0.649. The van der Waals surface area contributed by atoms with Gasteiger partial charge in [-0.1, -0.05) is 36.4 Å². The van der Waals surface area contributed by atoms with Gasteiger partial charge in [0.25, 0.3) is 0 Å². The third kappa shape index (κ3) is 4.03. The molecule has 0 saturated heterocycles. The van der Waals surface area contributed by atoms with Gasteiger partial charge in [-0.2, -0.15) is 0 Å². The molecule has 150 valence electrons. The summed E-state index contributed by atoms with van der Waals surface area (Å²) >= 11 is 0. The fourth-order valence-corrected chi connectivity index (χ4v) is 3.01. The summed E-state index contributed by atoms with van der Waals surface area (Å²) < 4.78 is 21.7. The van der Waals surface area contributed by atoms with E-state index in [2.05, 4.69) is 4.74 Å². The lowest BCUT2D eigenvalue weighted by Gasteiger charge is -2.07. The van der Waals surface area contributed by atoms with E-state index in [4.69, 9.17) is 13.9 Å². The molecule has 6 nitrogen and oxygen atoms in total. The van der Waals surface area contributed by atoms with Gasteiger partial charge in [-0.25, -0.2) is 9.59 Å². The number of benzene rings is 3. The van der Waals surface area contributed by atoms with Crippen LogP contribution in [0.2, 0.25) is 0 Å². The molecule has 0 aliphatic carbocycles. The molecule has 4 rings (SSSR count). The second kappa shape index (κ2) is 8.53. The number of esters is 2. The van der Waals surface area contributed by atoms with E-state index in [-0.39, 0.29) is 18.1 Å². The van der Waals surface area contributed by atoms with Crippen molar-refractivity contribution in [3.05, 3.63) is 95.7 Å². The summed E-state index contributed by atoms with van der Waals surface area (Å²) in [5, 5.41) is 0.779. The Morgan fingerprint density at radius 2 is 1.50 bits per heavy atom. The minimum absolute atomic E-state index is 0.0733. The Morgan fingerprint density at radius 1 is 0.800 bits per heavy atom. The monoisotopic (exact) mass is 402 g/mol. The predicted molar refractivity (Wildman–Crippen MR) is 110 cm³/mol. The molecule has 0 radical (unpaired) electrons. The average molecular weight is 402 g/mol. The molecule has 30 heavy (non-hydrogen) atoms. The van der Waals surface area contributed by atoms with Crippen molar-refractivity contribution >= 4 is 22.9 Å². The molecule has 0 bridgehead atoms. The molecule has 0 N–H and O–H groups in total. The van der Waals surface area contributed by atoms with Crippen molar-refractivity contribution in [2.24, 2.45) is 0 Å². The number of furan rings is 1. The fourth-order valence-electron chi connectivity index (χ4n) is 3.01. The topological polar surface area (TPSA) is 75.0 Å². The Bertz CT molecular complexity index is 1180. The highest BCUT2D eigenvalue weighted by atomic mass is 16.5. The number of hydrogen-bond acceptors (Lipinski definition) is 6. The molecule has 0 saturated carbocycles. The van der Waals surface area contributed by atoms with Crippen molar-refractivity contribution in [3.63, 3.8) is 0 Å². The molecule has 6 heteroatoms. The summed E-state index contributed by atoms with van der Waals surface area (Å²) in [5.41, 5.74) is 1.53. The molecular weight excluding hydrogens is 384 g/mol. The zero-order valence-electron chi connectivity index (χ0n) is 16.2. The van der Waals surface area contributed by atoms with Gasteiger partial charge in [-0.05, 0) is 42.5 Å². The second-order valence-corrected chi connectivity index (χ2v) is 6.41. The van der Waals surface area contributed by atoms with Crippen LogP contribution in [0.15, 0.2) is 83.3 Å². The molecule has 0 aliphatic rings. The maximum atomic E-state index is 12.8. The molecule has 0 atom stereocenters. The number of methoxy groups -OCH3 is 1. The number of ether oxygens (including phenoxy) is 3. The Balaban J connectivity index is 1.59. The highest BCUT2D eigenvalue weighted by molar-refractivity contribution is 5.97. The second-order valence-electron chi connectivity index (χ2n) is 6.41. The maximum absolute atomic E-state index is 12.8. The van der Waals surface area contributed by atoms with Gasteiger partial charge in [0, 0.05) is 5.39 Å². The predicted octanol–water partition coefficient (Wildman–Crippen LogP) is 5.02. The molecule has 3 aromatic carbocycles. The first-order valence-corrected chi connectivity index (χ1v) is 9.24. The van der Waals surface area contributed by atoms with Crippen LogP contribution in [-0.4, -0.2) is 19.0 Å². The third-order valence-corrected chi connectivity index (χ3v) is 4.50. The van der Waals surface area contributed by atoms with Crippen LogP contribution < -0.4 is 9.47 Å². The van der Waals surface area contributed by atoms with E-state index < -0.39 is 11.9 Å². The van der Waals surface area contributed by atoms with Gasteiger partial charge in [0.05, 0.1) is 18.2 Å². The molecule has 0 fully saturated rings. The van der Waals surface area contributed by atoms with Crippen LogP contribution in [-0.2, 0) is 11.3 Å². The van der Waals surface area contributed by atoms with Crippen molar-refractivity contribution in [3.8, 4) is 11.5 Å². The Kier molecular flexibility index (Phi) is 5.48. The van der Waals surface area contributed by atoms with Crippen LogP contribution in [0.4, 0.5) is 0 Å². The molecular formula is C24H18O6. The summed E-state index contributed by atoms with van der Waals surface area (Å²) in [7, 11) is 1.30. The van der Waals surface area contributed by atoms with Crippen LogP contribution >= 0.6 is 0 Å². The Hall–Kier alpha value is -4.06. The molecule has 0 aliphatic heterocycles. The standard InChI is InChI=1S/C24H18O6/c1-27-23(25)16-11-13-18(14-12-16)29-24(26)22-20(15-28-17-7-3-2-4-8-17)19-9-5-6-10-21(19)30-22/h2-14H,15H2,1H3. The van der Waals surface area contributed by atoms with E-state index in [0.717, 1.165) is 5.39 Å². The highest BCUT2D eigenvalue weighted by Gasteiger charge is 2.23. The van der Waals surface area contributed by atoms with Gasteiger partial charge in [-0.15, -0.1) is 0 Å². The van der Waals surface area contributed by atoms with Crippen molar-refractivity contribution < 1.29 is 28.2 Å². The normalized spacial score (nSPS) is 10.6. The average Bonchev–Trinajstić information content (AvgIpc) is 3.17. The summed E-state index contributed by atoms with van der Waals surface area (Å²) in [5.74, 6) is -0.0816. The van der Waals surface area contributed by atoms with Crippen LogP contribution in [0.5, 0.6) is 11.5 Å². The van der Waals surface area contributed by atoms with Crippen molar-refractivity contribution in [2.45, 2.75) is 6.61 Å². The molecule has 0 spiro atoms. The molecule has 1 aromatic heterocycles. The van der Waals surface area contributed by atoms with Crippen LogP contribution in [0.25, 0.3) is 11.0 Å². The van der Waals surface area contributed by atoms with Crippen molar-refractivity contribution in [2.75, 3.05) is 7.11 Å². The minimum Gasteiger partial charge on any atom is -0.489 e. The molecule has 4 aromatic rings. The van der Waals surface area contributed by atoms with Gasteiger partial charge < -0.3 is 18.6 Å². The van der Waals surface area contributed by atoms with E-state index >= 15 is 0 Å². The Labute approximate surface area is 172 Å². The smallest absolute Gasteiger partial charge is 0.380 e. The third-order valence-electron chi connectivity index (χ3n) is 4.50. The number of carbonyl (C=O) groups is 2. The van der Waals surface area contributed by atoms with Gasteiger partial charge in [0.2, 0.25) is 5.76 Å². The highest BCUT2D eigenvalue weighted by Crippen LogP contribution is 2.28. The Morgan fingerprint density at radius 3 is 2.23 bits per heavy atom. The number of carbonyl (C=O) groups excluding carboxylic acids is 2. The first-order chi connectivity index (χ1) is 14.7. The van der Waals surface area contributed by atoms with E-state index in [0.29, 0.717) is 22.5 Å². The zero-order valence-corrected chi connectivity index (χ0v) is 16.2. The van der Waals surface area contributed by atoms with E-state index in [1.54, 1.807) is 6.07 Å². The number of fused-ring (bicyclic) bond motifs is 1. The van der Waals surface area contributed by atoms with Crippen LogP contribution in [0, 0.1) is 0 Å². The van der Waals surface area contributed by atoms with E-state index in [9.17, 15) is 9.59 Å². The first kappa shape index (κ1) is 19.3. The molecule has 1 heterocycles. The lowest BCUT2D eigenvalue weighted by molar-refractivity contribution is 0.0600. The van der Waals surface area contributed by atoms with Crippen LogP contribution in [0.3, 0.4) is 0 Å². The SMILES string of the molecule is COC(=O)c1ccc(OC(=O)c2oc3ccccc3c2COc2ccccc2)cc1. The van der Waals surface area contributed by atoms with Crippen molar-refractivity contribution in [1.82, 2.24) is 0 Å². The van der Waals surface area contributed by atoms with Crippen molar-refractivity contribution in [1.29, 1.82) is 0 Å². The molecule has 0 amide bonds. The number of para-hydroxylation sites is 2. The fraction of sp³-hybridized carbons (Fsp3) is 0.0833. The van der Waals surface area contributed by atoms with Gasteiger partial charge in [0.1, 0.15) is 23.7 Å². The summed E-state index contributed by atoms with van der Waals surface area (Å²) in [6, 6.07) is 22.7. The lowest BCUT2D eigenvalue weighted by atomic mass is 10.1. The quantitative estimate of drug-likeness (QED) is 0.333. The largest absolute Gasteiger partial charge is 0.489 e. The number of hydrogen-bond donors (Lipinski definition) is 0. The first-order valence-electron chi connectivity index (χ1n) is 9.24. The van der Waals surface area contributed by atoms with Crippen LogP contribution in [0.1, 0.15) is 26.5 Å². The van der Waals surface area contributed by atoms with Gasteiger partial charge in [0.15, 0.2) is 0 Å². The number of rotatable bonds is 6. The van der Waals surface area contributed by atoms with Gasteiger partial charge >= 0.3 is 11.9 Å². The van der Waals surface area contributed by atoms with Gasteiger partial charge in [-0.3, -0.25) is 0 Å². The summed E-state index contributed by atoms with van der Waals surface area (Å²) in [4.78, 5) is 24.4. The maximum Gasteiger partial charge on any atom is 0.380 e. The summed E-state index contributed by atoms with van der Waals surface area (Å²) in [6.45, 7) is 0.146. The molecule has 0 unspecified atom stereocenters. The summed E-state index contributed by atoms with van der Waals surface area (Å²) in [6.07, 6.45) is 0. The van der Waals surface area contributed by atoms with E-state index in [1.807, 2.05) is 48.5 Å².